The highest BCUT2D eigenvalue weighted by molar-refractivity contribution is 7.10. The molecule has 1 fully saturated rings. The maximum absolute atomic E-state index is 12.0. The van der Waals surface area contributed by atoms with Crippen LogP contribution in [0.4, 0.5) is 0 Å². The Morgan fingerprint density at radius 2 is 2.25 bits per heavy atom. The average Bonchev–Trinajstić information content (AvgIpc) is 2.84. The van der Waals surface area contributed by atoms with Gasteiger partial charge in [0.15, 0.2) is 0 Å². The third-order valence-electron chi connectivity index (χ3n) is 3.55. The Hall–Kier alpha value is -0.975. The molecule has 20 heavy (non-hydrogen) atoms. The summed E-state index contributed by atoms with van der Waals surface area (Å²) in [7, 11) is -0.930. The lowest BCUT2D eigenvalue weighted by molar-refractivity contribution is -0.120. The molecule has 0 unspecified atom stereocenters. The lowest BCUT2D eigenvalue weighted by Gasteiger charge is -2.30. The van der Waals surface area contributed by atoms with Gasteiger partial charge in [-0.05, 0) is 31.2 Å². The fourth-order valence-corrected chi connectivity index (χ4v) is 3.30. The quantitative estimate of drug-likeness (QED) is 0.817. The van der Waals surface area contributed by atoms with E-state index in [2.05, 4.69) is 0 Å². The van der Waals surface area contributed by atoms with Crippen molar-refractivity contribution in [2.75, 3.05) is 0 Å². The molecule has 1 aromatic rings. The van der Waals surface area contributed by atoms with Crippen molar-refractivity contribution in [3.8, 4) is 0 Å². The molecule has 2 rings (SSSR count). The van der Waals surface area contributed by atoms with Crippen LogP contribution in [0.3, 0.4) is 0 Å². The Balaban J connectivity index is 1.79. The van der Waals surface area contributed by atoms with Gasteiger partial charge in [-0.1, -0.05) is 6.07 Å². The monoisotopic (exact) mass is 294 g/mol. The largest absolute Gasteiger partial charge is 0.458 e. The highest BCUT2D eigenvalue weighted by Crippen LogP contribution is 2.31. The fraction of sp³-hybridized carbons (Fsp3) is 0.571. The van der Waals surface area contributed by atoms with Crippen LogP contribution >= 0.6 is 11.3 Å². The summed E-state index contributed by atoms with van der Waals surface area (Å²) >= 11 is 1.57. The number of carbonyl (C=O) groups excluding carboxylic acids is 2. The molecule has 2 atom stereocenters. The summed E-state index contributed by atoms with van der Waals surface area (Å²) in [6.45, 7) is 1.52. The van der Waals surface area contributed by atoms with Gasteiger partial charge in [-0.2, -0.15) is 0 Å². The second-order valence-corrected chi connectivity index (χ2v) is 6.42. The smallest absolute Gasteiger partial charge is 0.427 e. The van der Waals surface area contributed by atoms with E-state index in [4.69, 9.17) is 4.65 Å². The molecular formula is C14H19BO4S. The molecule has 0 aromatic carbocycles. The molecule has 0 saturated carbocycles. The first kappa shape index (κ1) is 15.4. The number of rotatable bonds is 6. The van der Waals surface area contributed by atoms with Crippen molar-refractivity contribution in [1.82, 2.24) is 0 Å². The first-order valence-electron chi connectivity index (χ1n) is 6.91. The van der Waals surface area contributed by atoms with E-state index in [1.165, 1.54) is 6.92 Å². The Morgan fingerprint density at radius 3 is 2.85 bits per heavy atom. The first-order valence-corrected chi connectivity index (χ1v) is 7.79. The van der Waals surface area contributed by atoms with Crippen LogP contribution in [0.1, 0.15) is 37.5 Å². The van der Waals surface area contributed by atoms with Crippen LogP contribution < -0.4 is 0 Å². The Labute approximate surface area is 123 Å². The molecule has 0 spiro atoms. The molecule has 1 aliphatic rings. The van der Waals surface area contributed by atoms with Crippen LogP contribution in [0.5, 0.6) is 0 Å². The normalized spacial score (nSPS) is 22.8. The molecule has 0 bridgehead atoms. The summed E-state index contributed by atoms with van der Waals surface area (Å²) in [6, 6.07) is 3.87. The van der Waals surface area contributed by atoms with Crippen LogP contribution in [-0.2, 0) is 20.7 Å². The van der Waals surface area contributed by atoms with E-state index in [0.717, 1.165) is 17.7 Å². The standard InChI is InChI=1S/C14H19BO4S/c1-10(16)7-13-5-4-11(15(18)19-13)8-12(17)9-14-3-2-6-20-14/h2-3,6,11,13,18H,4-5,7-9H2,1H3/t11-,13+/m1/s1. The second-order valence-electron chi connectivity index (χ2n) is 5.39. The van der Waals surface area contributed by atoms with Crippen molar-refractivity contribution in [3.63, 3.8) is 0 Å². The van der Waals surface area contributed by atoms with Crippen molar-refractivity contribution in [1.29, 1.82) is 0 Å². The molecule has 6 heteroatoms. The van der Waals surface area contributed by atoms with E-state index >= 15 is 0 Å². The second kappa shape index (κ2) is 7.15. The predicted octanol–water partition coefficient (Wildman–Crippen LogP) is 2.26. The minimum atomic E-state index is -0.930. The molecule has 1 saturated heterocycles. The number of carbonyl (C=O) groups is 2. The van der Waals surface area contributed by atoms with Gasteiger partial charge in [0.2, 0.25) is 0 Å². The zero-order valence-electron chi connectivity index (χ0n) is 11.6. The number of Topliss-reactive ketones (excluding diaryl/α,β-unsaturated/α-hetero) is 2. The van der Waals surface area contributed by atoms with Gasteiger partial charge in [0, 0.05) is 36.1 Å². The summed E-state index contributed by atoms with van der Waals surface area (Å²) < 4.78 is 5.43. The minimum absolute atomic E-state index is 0.0643. The molecule has 4 nitrogen and oxygen atoms in total. The maximum atomic E-state index is 12.0. The highest BCUT2D eigenvalue weighted by atomic mass is 32.1. The number of hydrogen-bond donors (Lipinski definition) is 1. The average molecular weight is 294 g/mol. The zero-order chi connectivity index (χ0) is 14.5. The van der Waals surface area contributed by atoms with Crippen LogP contribution in [0.25, 0.3) is 0 Å². The Morgan fingerprint density at radius 1 is 1.45 bits per heavy atom. The maximum Gasteiger partial charge on any atom is 0.458 e. The summed E-state index contributed by atoms with van der Waals surface area (Å²) in [6.07, 6.45) is 2.37. The minimum Gasteiger partial charge on any atom is -0.427 e. The number of hydrogen-bond acceptors (Lipinski definition) is 5. The molecule has 1 N–H and O–H groups in total. The van der Waals surface area contributed by atoms with Gasteiger partial charge in [0.25, 0.3) is 0 Å². The molecule has 1 aromatic heterocycles. The van der Waals surface area contributed by atoms with E-state index in [0.29, 0.717) is 19.3 Å². The van der Waals surface area contributed by atoms with Gasteiger partial charge in [0.1, 0.15) is 11.6 Å². The number of ketones is 2. The van der Waals surface area contributed by atoms with Gasteiger partial charge >= 0.3 is 7.12 Å². The van der Waals surface area contributed by atoms with Crippen LogP contribution in [0.15, 0.2) is 17.5 Å². The molecule has 108 valence electrons. The van der Waals surface area contributed by atoms with Crippen molar-refractivity contribution in [2.45, 2.75) is 50.9 Å². The van der Waals surface area contributed by atoms with Crippen LogP contribution in [0, 0.1) is 0 Å². The van der Waals surface area contributed by atoms with Gasteiger partial charge in [-0.15, -0.1) is 11.3 Å². The third-order valence-corrected chi connectivity index (χ3v) is 4.43. The molecule has 1 aliphatic heterocycles. The molecule has 0 amide bonds. The molecule has 2 heterocycles. The summed E-state index contributed by atoms with van der Waals surface area (Å²) in [4.78, 5) is 24.1. The lowest BCUT2D eigenvalue weighted by atomic mass is 9.64. The van der Waals surface area contributed by atoms with Gasteiger partial charge in [-0.25, -0.2) is 0 Å². The van der Waals surface area contributed by atoms with Gasteiger partial charge < -0.3 is 9.68 Å². The van der Waals surface area contributed by atoms with Crippen molar-refractivity contribution < 1.29 is 19.3 Å². The zero-order valence-corrected chi connectivity index (χ0v) is 12.4. The van der Waals surface area contributed by atoms with E-state index in [1.807, 2.05) is 17.5 Å². The SMILES string of the molecule is CC(=O)C[C@@H]1CC[C@H](CC(=O)Cc2cccs2)B(O)O1. The summed E-state index contributed by atoms with van der Waals surface area (Å²) in [5, 5.41) is 11.9. The predicted molar refractivity (Wildman–Crippen MR) is 78.8 cm³/mol. The molecular weight excluding hydrogens is 275 g/mol. The Bertz CT molecular complexity index is 460. The first-order chi connectivity index (χ1) is 9.54. The topological polar surface area (TPSA) is 63.6 Å². The van der Waals surface area contributed by atoms with Crippen LogP contribution in [-0.4, -0.2) is 29.8 Å². The van der Waals surface area contributed by atoms with Crippen LogP contribution in [0.2, 0.25) is 5.82 Å². The van der Waals surface area contributed by atoms with E-state index < -0.39 is 7.12 Å². The Kier molecular flexibility index (Phi) is 5.51. The van der Waals surface area contributed by atoms with E-state index in [1.54, 1.807) is 11.3 Å². The van der Waals surface area contributed by atoms with Gasteiger partial charge in [-0.3, -0.25) is 9.59 Å². The number of thiophene rings is 1. The summed E-state index contributed by atoms with van der Waals surface area (Å²) in [5.74, 6) is 0.0465. The third kappa shape index (κ3) is 4.54. The van der Waals surface area contributed by atoms with E-state index in [9.17, 15) is 14.6 Å². The van der Waals surface area contributed by atoms with Crippen molar-refractivity contribution in [2.24, 2.45) is 0 Å². The molecule has 0 aliphatic carbocycles. The van der Waals surface area contributed by atoms with Crippen molar-refractivity contribution in [3.05, 3.63) is 22.4 Å². The lowest BCUT2D eigenvalue weighted by Crippen LogP contribution is -2.37. The highest BCUT2D eigenvalue weighted by Gasteiger charge is 2.36. The summed E-state index contributed by atoms with van der Waals surface area (Å²) in [5.41, 5.74) is 0. The van der Waals surface area contributed by atoms with Gasteiger partial charge in [0.05, 0.1) is 0 Å². The van der Waals surface area contributed by atoms with Crippen molar-refractivity contribution >= 4 is 30.0 Å². The van der Waals surface area contributed by atoms with E-state index in [-0.39, 0.29) is 23.5 Å². The fourth-order valence-electron chi connectivity index (χ4n) is 2.56. The molecule has 0 radical (unpaired) electrons.